The lowest BCUT2D eigenvalue weighted by atomic mass is 10.4. The molecule has 0 amide bonds. The highest BCUT2D eigenvalue weighted by Crippen LogP contribution is 1.94. The Bertz CT molecular complexity index is 45.7. The van der Waals surface area contributed by atoms with Gasteiger partial charge >= 0.3 is 0 Å². The molecule has 0 heterocycles. The smallest absolute Gasteiger partial charge is 0.0572 e. The van der Waals surface area contributed by atoms with Crippen molar-refractivity contribution in [3.63, 3.8) is 0 Å². The predicted octanol–water partition coefficient (Wildman–Crippen LogP) is 0.889. The van der Waals surface area contributed by atoms with Crippen LogP contribution < -0.4 is 5.48 Å². The molecular formula is C5H13NOS. The van der Waals surface area contributed by atoms with Crippen molar-refractivity contribution in [3.8, 4) is 0 Å². The maximum absolute atomic E-state index is 4.69. The zero-order chi connectivity index (χ0) is 6.41. The molecule has 8 heavy (non-hydrogen) atoms. The van der Waals surface area contributed by atoms with Crippen molar-refractivity contribution >= 4 is 11.8 Å². The standard InChI is InChI=1S/C5H13NOS/c1-5(4-8-3)6-7-2/h5-6H,4H2,1-3H3. The molecule has 2 nitrogen and oxygen atoms in total. The third-order valence-corrected chi connectivity index (χ3v) is 1.57. The molecule has 0 aliphatic rings. The van der Waals surface area contributed by atoms with Crippen LogP contribution in [0.2, 0.25) is 0 Å². The van der Waals surface area contributed by atoms with Crippen LogP contribution in [0.4, 0.5) is 0 Å². The first kappa shape index (κ1) is 8.27. The molecule has 1 unspecified atom stereocenters. The van der Waals surface area contributed by atoms with Gasteiger partial charge in [0, 0.05) is 11.8 Å². The van der Waals surface area contributed by atoms with Gasteiger partial charge < -0.3 is 4.84 Å². The Hall–Kier alpha value is 0.270. The van der Waals surface area contributed by atoms with Crippen LogP contribution in [0.15, 0.2) is 0 Å². The maximum atomic E-state index is 4.69. The van der Waals surface area contributed by atoms with Gasteiger partial charge in [-0.1, -0.05) is 0 Å². The molecule has 0 bridgehead atoms. The van der Waals surface area contributed by atoms with Gasteiger partial charge in [-0.15, -0.1) is 0 Å². The van der Waals surface area contributed by atoms with E-state index in [1.54, 1.807) is 7.11 Å². The highest BCUT2D eigenvalue weighted by molar-refractivity contribution is 7.98. The van der Waals surface area contributed by atoms with E-state index in [0.29, 0.717) is 6.04 Å². The van der Waals surface area contributed by atoms with Crippen LogP contribution in [0.25, 0.3) is 0 Å². The zero-order valence-corrected chi connectivity index (χ0v) is 6.42. The Labute approximate surface area is 54.9 Å². The molecular weight excluding hydrogens is 122 g/mol. The average molecular weight is 135 g/mol. The van der Waals surface area contributed by atoms with E-state index in [-0.39, 0.29) is 0 Å². The number of thioether (sulfide) groups is 1. The molecule has 0 aliphatic carbocycles. The third-order valence-electron chi connectivity index (χ3n) is 0.736. The van der Waals surface area contributed by atoms with Crippen molar-refractivity contribution < 1.29 is 4.84 Å². The minimum absolute atomic E-state index is 0.454. The lowest BCUT2D eigenvalue weighted by molar-refractivity contribution is 0.0724. The van der Waals surface area contributed by atoms with Gasteiger partial charge in [-0.05, 0) is 13.2 Å². The molecule has 0 radical (unpaired) electrons. The Morgan fingerprint density at radius 1 is 1.75 bits per heavy atom. The second-order valence-electron chi connectivity index (χ2n) is 1.68. The summed E-state index contributed by atoms with van der Waals surface area (Å²) >= 11 is 1.81. The summed E-state index contributed by atoms with van der Waals surface area (Å²) in [6, 6.07) is 0.454. The number of hydrogen-bond donors (Lipinski definition) is 1. The van der Waals surface area contributed by atoms with E-state index < -0.39 is 0 Å². The van der Waals surface area contributed by atoms with Gasteiger partial charge in [0.1, 0.15) is 0 Å². The lowest BCUT2D eigenvalue weighted by Gasteiger charge is -2.08. The largest absolute Gasteiger partial charge is 0.305 e. The second-order valence-corrected chi connectivity index (χ2v) is 2.59. The van der Waals surface area contributed by atoms with Crippen LogP contribution in [0.3, 0.4) is 0 Å². The molecule has 1 atom stereocenters. The first-order valence-electron chi connectivity index (χ1n) is 2.58. The SMILES string of the molecule is CONC(C)CSC. The van der Waals surface area contributed by atoms with Gasteiger partial charge in [-0.3, -0.25) is 0 Å². The first-order chi connectivity index (χ1) is 3.81. The molecule has 3 heteroatoms. The van der Waals surface area contributed by atoms with Crippen LogP contribution >= 0.6 is 11.8 Å². The van der Waals surface area contributed by atoms with Gasteiger partial charge in [-0.2, -0.15) is 17.2 Å². The summed E-state index contributed by atoms with van der Waals surface area (Å²) in [6.07, 6.45) is 2.08. The van der Waals surface area contributed by atoms with Crippen molar-refractivity contribution in [2.24, 2.45) is 0 Å². The second kappa shape index (κ2) is 5.41. The summed E-state index contributed by atoms with van der Waals surface area (Å²) in [5, 5.41) is 0. The molecule has 0 aromatic carbocycles. The summed E-state index contributed by atoms with van der Waals surface area (Å²) in [5.41, 5.74) is 2.83. The van der Waals surface area contributed by atoms with Gasteiger partial charge in [0.2, 0.25) is 0 Å². The molecule has 1 N–H and O–H groups in total. The monoisotopic (exact) mass is 135 g/mol. The molecule has 0 spiro atoms. The van der Waals surface area contributed by atoms with Crippen molar-refractivity contribution in [1.29, 1.82) is 0 Å². The topological polar surface area (TPSA) is 21.3 Å². The molecule has 0 rings (SSSR count). The van der Waals surface area contributed by atoms with E-state index in [2.05, 4.69) is 18.7 Å². The van der Waals surface area contributed by atoms with Crippen LogP contribution in [0, 0.1) is 0 Å². The Kier molecular flexibility index (Phi) is 5.59. The number of hydrogen-bond acceptors (Lipinski definition) is 3. The quantitative estimate of drug-likeness (QED) is 0.578. The van der Waals surface area contributed by atoms with E-state index in [9.17, 15) is 0 Å². The van der Waals surface area contributed by atoms with Crippen LogP contribution in [0.1, 0.15) is 6.92 Å². The molecule has 50 valence electrons. The summed E-state index contributed by atoms with van der Waals surface area (Å²) in [4.78, 5) is 4.69. The predicted molar refractivity (Wildman–Crippen MR) is 38.0 cm³/mol. The summed E-state index contributed by atoms with van der Waals surface area (Å²) in [6.45, 7) is 2.08. The Morgan fingerprint density at radius 3 is 2.75 bits per heavy atom. The van der Waals surface area contributed by atoms with E-state index in [0.717, 1.165) is 5.75 Å². The molecule has 0 saturated heterocycles. The fourth-order valence-corrected chi connectivity index (χ4v) is 1.05. The fourth-order valence-electron chi connectivity index (χ4n) is 0.485. The number of rotatable bonds is 4. The molecule has 0 aromatic heterocycles. The van der Waals surface area contributed by atoms with Gasteiger partial charge in [0.15, 0.2) is 0 Å². The Morgan fingerprint density at radius 2 is 2.38 bits per heavy atom. The summed E-state index contributed by atoms with van der Waals surface area (Å²) < 4.78 is 0. The van der Waals surface area contributed by atoms with Crippen LogP contribution in [0.5, 0.6) is 0 Å². The molecule has 0 aromatic rings. The van der Waals surface area contributed by atoms with Crippen LogP contribution in [-0.4, -0.2) is 25.2 Å². The van der Waals surface area contributed by atoms with Gasteiger partial charge in [0.05, 0.1) is 7.11 Å². The average Bonchev–Trinajstić information content (AvgIpc) is 1.68. The van der Waals surface area contributed by atoms with Crippen molar-refractivity contribution in [1.82, 2.24) is 5.48 Å². The number of nitrogens with one attached hydrogen (secondary N) is 1. The van der Waals surface area contributed by atoms with Gasteiger partial charge in [0.25, 0.3) is 0 Å². The molecule has 0 fully saturated rings. The van der Waals surface area contributed by atoms with Gasteiger partial charge in [-0.25, -0.2) is 0 Å². The first-order valence-corrected chi connectivity index (χ1v) is 3.98. The molecule has 0 saturated carbocycles. The zero-order valence-electron chi connectivity index (χ0n) is 5.60. The van der Waals surface area contributed by atoms with Crippen molar-refractivity contribution in [2.45, 2.75) is 13.0 Å². The van der Waals surface area contributed by atoms with E-state index >= 15 is 0 Å². The summed E-state index contributed by atoms with van der Waals surface area (Å²) in [7, 11) is 1.64. The van der Waals surface area contributed by atoms with Crippen LogP contribution in [-0.2, 0) is 4.84 Å². The highest BCUT2D eigenvalue weighted by Gasteiger charge is 1.95. The van der Waals surface area contributed by atoms with Crippen molar-refractivity contribution in [3.05, 3.63) is 0 Å². The van der Waals surface area contributed by atoms with E-state index in [4.69, 9.17) is 4.84 Å². The Balaban J connectivity index is 2.92. The molecule has 0 aliphatic heterocycles. The summed E-state index contributed by atoms with van der Waals surface area (Å²) in [5.74, 6) is 1.09. The normalized spacial score (nSPS) is 13.9. The minimum atomic E-state index is 0.454. The lowest BCUT2D eigenvalue weighted by Crippen LogP contribution is -2.26. The van der Waals surface area contributed by atoms with Crippen molar-refractivity contribution in [2.75, 3.05) is 19.1 Å². The third kappa shape index (κ3) is 4.43. The maximum Gasteiger partial charge on any atom is 0.0572 e. The number of hydroxylamine groups is 1. The van der Waals surface area contributed by atoms with E-state index in [1.807, 2.05) is 11.8 Å². The minimum Gasteiger partial charge on any atom is -0.305 e. The van der Waals surface area contributed by atoms with E-state index in [1.165, 1.54) is 0 Å². The highest BCUT2D eigenvalue weighted by atomic mass is 32.2. The fraction of sp³-hybridized carbons (Fsp3) is 1.00.